The molecule has 6 heteroatoms. The van der Waals surface area contributed by atoms with E-state index in [0.29, 0.717) is 28.2 Å². The van der Waals surface area contributed by atoms with Crippen molar-refractivity contribution in [2.75, 3.05) is 14.2 Å². The van der Waals surface area contributed by atoms with Crippen molar-refractivity contribution in [2.24, 2.45) is 4.99 Å². The van der Waals surface area contributed by atoms with E-state index in [1.165, 1.54) is 22.5 Å². The number of hydrogen-bond donors (Lipinski definition) is 0. The largest absolute Gasteiger partial charge is 0.493 e. The molecule has 0 N–H and O–H groups in total. The van der Waals surface area contributed by atoms with Crippen molar-refractivity contribution in [1.82, 2.24) is 4.90 Å². The minimum Gasteiger partial charge on any atom is -0.493 e. The predicted molar refractivity (Wildman–Crippen MR) is 143 cm³/mol. The highest BCUT2D eigenvalue weighted by atomic mass is 32.2. The molecule has 1 heterocycles. The number of carbonyl (C=O) groups is 1. The smallest absolute Gasteiger partial charge is 0.266 e. The third kappa shape index (κ3) is 4.93. The number of amidine groups is 1. The molecule has 35 heavy (non-hydrogen) atoms. The fourth-order valence-electron chi connectivity index (χ4n) is 3.88. The number of hydrogen-bond acceptors (Lipinski definition) is 5. The highest BCUT2D eigenvalue weighted by Crippen LogP contribution is 2.35. The summed E-state index contributed by atoms with van der Waals surface area (Å²) in [6.45, 7) is 0.427. The Morgan fingerprint density at radius 3 is 2.51 bits per heavy atom. The van der Waals surface area contributed by atoms with Crippen LogP contribution in [0.15, 0.2) is 101 Å². The monoisotopic (exact) mass is 480 g/mol. The zero-order chi connectivity index (χ0) is 24.2. The molecule has 1 fully saturated rings. The molecule has 0 atom stereocenters. The number of likely N-dealkylation sites (N-methyl/N-ethyl adjacent to an activating group) is 1. The van der Waals surface area contributed by atoms with Crippen LogP contribution in [-0.4, -0.2) is 30.1 Å². The van der Waals surface area contributed by atoms with E-state index in [1.807, 2.05) is 72.8 Å². The van der Waals surface area contributed by atoms with Gasteiger partial charge in [-0.2, -0.15) is 0 Å². The SMILES string of the molecule is COc1cc(C=C2SC(=Nc3ccccc3)N(C)C2=O)ccc1OCc1cccc2ccccc12. The Balaban J connectivity index is 1.35. The summed E-state index contributed by atoms with van der Waals surface area (Å²) in [5.41, 5.74) is 2.77. The molecule has 0 aromatic heterocycles. The van der Waals surface area contributed by atoms with Gasteiger partial charge in [0, 0.05) is 7.05 Å². The van der Waals surface area contributed by atoms with E-state index < -0.39 is 0 Å². The van der Waals surface area contributed by atoms with Gasteiger partial charge in [-0.15, -0.1) is 0 Å². The number of para-hydroxylation sites is 1. The lowest BCUT2D eigenvalue weighted by Crippen LogP contribution is -2.23. The maximum absolute atomic E-state index is 12.8. The van der Waals surface area contributed by atoms with E-state index in [-0.39, 0.29) is 5.91 Å². The molecule has 4 aromatic rings. The molecule has 4 aromatic carbocycles. The van der Waals surface area contributed by atoms with Crippen molar-refractivity contribution in [1.29, 1.82) is 0 Å². The Bertz CT molecular complexity index is 1440. The Morgan fingerprint density at radius 2 is 1.69 bits per heavy atom. The molecule has 0 spiro atoms. The molecule has 0 unspecified atom stereocenters. The molecule has 0 aliphatic carbocycles. The first-order chi connectivity index (χ1) is 17.1. The van der Waals surface area contributed by atoms with Gasteiger partial charge in [-0.25, -0.2) is 4.99 Å². The molecule has 0 radical (unpaired) electrons. The number of methoxy groups -OCH3 is 1. The van der Waals surface area contributed by atoms with Crippen molar-refractivity contribution in [3.05, 3.63) is 107 Å². The summed E-state index contributed by atoms with van der Waals surface area (Å²) in [7, 11) is 3.35. The molecular formula is C29H24N2O3S. The molecule has 5 nitrogen and oxygen atoms in total. The number of rotatable bonds is 6. The van der Waals surface area contributed by atoms with Crippen LogP contribution in [0.1, 0.15) is 11.1 Å². The normalized spacial score (nSPS) is 15.8. The zero-order valence-electron chi connectivity index (χ0n) is 19.5. The van der Waals surface area contributed by atoms with E-state index in [2.05, 4.69) is 29.3 Å². The van der Waals surface area contributed by atoms with E-state index >= 15 is 0 Å². The van der Waals surface area contributed by atoms with Crippen LogP contribution >= 0.6 is 11.8 Å². The van der Waals surface area contributed by atoms with Gasteiger partial charge in [0.05, 0.1) is 17.7 Å². The third-order valence-electron chi connectivity index (χ3n) is 5.73. The van der Waals surface area contributed by atoms with Crippen LogP contribution in [0.2, 0.25) is 0 Å². The summed E-state index contributed by atoms with van der Waals surface area (Å²) in [5, 5.41) is 3.00. The van der Waals surface area contributed by atoms with Gasteiger partial charge in [0.2, 0.25) is 0 Å². The predicted octanol–water partition coefficient (Wildman–Crippen LogP) is 6.66. The van der Waals surface area contributed by atoms with Gasteiger partial charge in [0.1, 0.15) is 6.61 Å². The Hall–Kier alpha value is -4.03. The number of carbonyl (C=O) groups excluding carboxylic acids is 1. The lowest BCUT2D eigenvalue weighted by molar-refractivity contribution is -0.121. The number of thioether (sulfide) groups is 1. The Morgan fingerprint density at radius 1 is 0.914 bits per heavy atom. The molecule has 174 valence electrons. The van der Waals surface area contributed by atoms with E-state index in [0.717, 1.165) is 16.8 Å². The van der Waals surface area contributed by atoms with E-state index in [1.54, 1.807) is 19.1 Å². The summed E-state index contributed by atoms with van der Waals surface area (Å²) in [4.78, 5) is 19.6. The minimum absolute atomic E-state index is 0.0834. The lowest BCUT2D eigenvalue weighted by Gasteiger charge is -2.13. The summed E-state index contributed by atoms with van der Waals surface area (Å²) in [6, 6.07) is 29.8. The molecule has 1 saturated heterocycles. The molecule has 0 saturated carbocycles. The first-order valence-corrected chi connectivity index (χ1v) is 12.0. The first-order valence-electron chi connectivity index (χ1n) is 11.2. The molecule has 1 aliphatic rings. The molecule has 0 bridgehead atoms. The fraction of sp³-hybridized carbons (Fsp3) is 0.103. The number of nitrogens with zero attached hydrogens (tertiary/aromatic N) is 2. The third-order valence-corrected chi connectivity index (χ3v) is 6.79. The second-order valence-electron chi connectivity index (χ2n) is 8.04. The number of amides is 1. The Labute approximate surface area is 208 Å². The highest BCUT2D eigenvalue weighted by molar-refractivity contribution is 8.18. The van der Waals surface area contributed by atoms with Crippen LogP contribution in [0.25, 0.3) is 16.8 Å². The van der Waals surface area contributed by atoms with Crippen molar-refractivity contribution in [3.8, 4) is 11.5 Å². The minimum atomic E-state index is -0.0834. The van der Waals surface area contributed by atoms with Crippen LogP contribution in [-0.2, 0) is 11.4 Å². The van der Waals surface area contributed by atoms with Gasteiger partial charge >= 0.3 is 0 Å². The standard InChI is InChI=1S/C29H24N2O3S/c1-31-28(32)27(35-29(31)30-23-12-4-3-5-13-23)18-20-15-16-25(26(17-20)33-2)34-19-22-11-8-10-21-9-6-7-14-24(21)22/h3-18H,19H2,1-2H3. The van der Waals surface area contributed by atoms with Crippen molar-refractivity contribution in [3.63, 3.8) is 0 Å². The second kappa shape index (κ2) is 10.1. The molecule has 5 rings (SSSR count). The van der Waals surface area contributed by atoms with Crippen LogP contribution in [0, 0.1) is 0 Å². The lowest BCUT2D eigenvalue weighted by atomic mass is 10.1. The number of fused-ring (bicyclic) bond motifs is 1. The highest BCUT2D eigenvalue weighted by Gasteiger charge is 2.30. The maximum Gasteiger partial charge on any atom is 0.266 e. The van der Waals surface area contributed by atoms with Gasteiger partial charge in [-0.3, -0.25) is 9.69 Å². The van der Waals surface area contributed by atoms with Crippen LogP contribution in [0.4, 0.5) is 5.69 Å². The Kier molecular flexibility index (Phi) is 6.55. The summed E-state index contributed by atoms with van der Waals surface area (Å²) in [6.07, 6.45) is 1.86. The zero-order valence-corrected chi connectivity index (χ0v) is 20.3. The van der Waals surface area contributed by atoms with Crippen LogP contribution in [0.5, 0.6) is 11.5 Å². The number of benzene rings is 4. The fourth-order valence-corrected chi connectivity index (χ4v) is 4.87. The quantitative estimate of drug-likeness (QED) is 0.290. The van der Waals surface area contributed by atoms with Gasteiger partial charge in [-0.05, 0) is 64.0 Å². The topological polar surface area (TPSA) is 51.1 Å². The van der Waals surface area contributed by atoms with Crippen LogP contribution < -0.4 is 9.47 Å². The van der Waals surface area contributed by atoms with E-state index in [4.69, 9.17) is 9.47 Å². The van der Waals surface area contributed by atoms with Gasteiger partial charge in [-0.1, -0.05) is 66.7 Å². The summed E-state index contributed by atoms with van der Waals surface area (Å²) in [5.74, 6) is 1.18. The van der Waals surface area contributed by atoms with Crippen molar-refractivity contribution in [2.45, 2.75) is 6.61 Å². The average molecular weight is 481 g/mol. The molecule has 1 amide bonds. The van der Waals surface area contributed by atoms with Crippen LogP contribution in [0.3, 0.4) is 0 Å². The second-order valence-corrected chi connectivity index (χ2v) is 9.05. The maximum atomic E-state index is 12.8. The first kappa shape index (κ1) is 22.7. The van der Waals surface area contributed by atoms with Gasteiger partial charge < -0.3 is 9.47 Å². The van der Waals surface area contributed by atoms with Gasteiger partial charge in [0.25, 0.3) is 5.91 Å². The number of ether oxygens (including phenoxy) is 2. The number of aliphatic imine (C=N–C) groups is 1. The van der Waals surface area contributed by atoms with Crippen molar-refractivity contribution < 1.29 is 14.3 Å². The molecular weight excluding hydrogens is 456 g/mol. The van der Waals surface area contributed by atoms with Crippen molar-refractivity contribution >= 4 is 45.4 Å². The average Bonchev–Trinajstić information content (AvgIpc) is 3.15. The summed E-state index contributed by atoms with van der Waals surface area (Å²) < 4.78 is 11.7. The van der Waals surface area contributed by atoms with E-state index in [9.17, 15) is 4.79 Å². The van der Waals surface area contributed by atoms with Gasteiger partial charge in [0.15, 0.2) is 16.7 Å². The summed E-state index contributed by atoms with van der Waals surface area (Å²) >= 11 is 1.36. The molecule has 1 aliphatic heterocycles.